The highest BCUT2D eigenvalue weighted by molar-refractivity contribution is 6.39. The number of fused-ring (bicyclic) bond motifs is 1. The molecule has 2 aliphatic rings. The Bertz CT molecular complexity index is 237. The molecule has 3 heteroatoms. The molecule has 0 aromatic rings. The van der Waals surface area contributed by atoms with Gasteiger partial charge in [-0.05, 0) is 25.2 Å². The zero-order valence-electron chi connectivity index (χ0n) is 7.17. The second-order valence-corrected chi connectivity index (χ2v) is 3.97. The van der Waals surface area contributed by atoms with Crippen LogP contribution in [0, 0.1) is 11.8 Å². The first kappa shape index (κ1) is 7.77. The molecule has 0 spiro atoms. The summed E-state index contributed by atoms with van der Waals surface area (Å²) >= 11 is 0. The first-order chi connectivity index (χ1) is 5.68. The number of carbonyl (C=O) groups excluding carboxylic acids is 2. The quantitative estimate of drug-likeness (QED) is 0.534. The number of rotatable bonds is 0. The zero-order chi connectivity index (χ0) is 8.72. The lowest BCUT2D eigenvalue weighted by Gasteiger charge is -2.27. The van der Waals surface area contributed by atoms with Crippen molar-refractivity contribution >= 4 is 11.7 Å². The molecular formula is C9H13NO2. The first-order valence-corrected chi connectivity index (χ1v) is 4.53. The summed E-state index contributed by atoms with van der Waals surface area (Å²) in [5.41, 5.74) is 0. The molecule has 0 bridgehead atoms. The lowest BCUT2D eigenvalue weighted by atomic mass is 9.79. The van der Waals surface area contributed by atoms with Gasteiger partial charge in [0.1, 0.15) is 0 Å². The van der Waals surface area contributed by atoms with Crippen molar-refractivity contribution in [3.8, 4) is 0 Å². The van der Waals surface area contributed by atoms with Crippen molar-refractivity contribution in [1.82, 2.24) is 5.32 Å². The van der Waals surface area contributed by atoms with Crippen molar-refractivity contribution in [3.05, 3.63) is 0 Å². The summed E-state index contributed by atoms with van der Waals surface area (Å²) in [7, 11) is 0. The van der Waals surface area contributed by atoms with Gasteiger partial charge in [-0.3, -0.25) is 9.59 Å². The largest absolute Gasteiger partial charge is 0.346 e. The van der Waals surface area contributed by atoms with Crippen LogP contribution in [0.3, 0.4) is 0 Å². The highest BCUT2D eigenvalue weighted by Crippen LogP contribution is 2.32. The topological polar surface area (TPSA) is 46.2 Å². The Labute approximate surface area is 71.5 Å². The van der Waals surface area contributed by atoms with E-state index in [2.05, 4.69) is 12.2 Å². The van der Waals surface area contributed by atoms with Crippen molar-refractivity contribution in [3.63, 3.8) is 0 Å². The average molecular weight is 167 g/mol. The Morgan fingerprint density at radius 2 is 2.08 bits per heavy atom. The molecule has 3 atom stereocenters. The van der Waals surface area contributed by atoms with Gasteiger partial charge in [0, 0.05) is 12.0 Å². The van der Waals surface area contributed by atoms with E-state index in [0.717, 1.165) is 19.3 Å². The van der Waals surface area contributed by atoms with Gasteiger partial charge in [0.15, 0.2) is 0 Å². The smallest absolute Gasteiger partial charge is 0.287 e. The van der Waals surface area contributed by atoms with E-state index in [1.807, 2.05) is 0 Å². The van der Waals surface area contributed by atoms with E-state index in [-0.39, 0.29) is 23.7 Å². The van der Waals surface area contributed by atoms with Crippen LogP contribution in [0.25, 0.3) is 0 Å². The molecule has 1 aliphatic carbocycles. The molecule has 3 nitrogen and oxygen atoms in total. The third-order valence-electron chi connectivity index (χ3n) is 2.99. The van der Waals surface area contributed by atoms with E-state index < -0.39 is 0 Å². The molecule has 66 valence electrons. The molecule has 0 radical (unpaired) electrons. The number of hydrogen-bond acceptors (Lipinski definition) is 2. The van der Waals surface area contributed by atoms with E-state index in [9.17, 15) is 9.59 Å². The van der Waals surface area contributed by atoms with Crippen molar-refractivity contribution in [2.75, 3.05) is 0 Å². The Morgan fingerprint density at radius 3 is 2.83 bits per heavy atom. The van der Waals surface area contributed by atoms with E-state index in [0.29, 0.717) is 5.92 Å². The van der Waals surface area contributed by atoms with Crippen LogP contribution < -0.4 is 5.32 Å². The van der Waals surface area contributed by atoms with E-state index in [4.69, 9.17) is 0 Å². The fraction of sp³-hybridized carbons (Fsp3) is 0.778. The third kappa shape index (κ3) is 1.04. The fourth-order valence-electron chi connectivity index (χ4n) is 2.25. The van der Waals surface area contributed by atoms with Gasteiger partial charge in [-0.15, -0.1) is 0 Å². The molecule has 0 aromatic heterocycles. The maximum absolute atomic E-state index is 11.3. The third-order valence-corrected chi connectivity index (χ3v) is 2.99. The number of amides is 1. The Hall–Kier alpha value is -0.860. The predicted molar refractivity (Wildman–Crippen MR) is 43.4 cm³/mol. The molecule has 2 fully saturated rings. The molecule has 1 saturated heterocycles. The van der Waals surface area contributed by atoms with E-state index >= 15 is 0 Å². The van der Waals surface area contributed by atoms with Crippen molar-refractivity contribution in [2.45, 2.75) is 32.2 Å². The lowest BCUT2D eigenvalue weighted by Crippen LogP contribution is -2.33. The van der Waals surface area contributed by atoms with Gasteiger partial charge in [-0.1, -0.05) is 6.92 Å². The molecule has 0 aromatic carbocycles. The highest BCUT2D eigenvalue weighted by Gasteiger charge is 2.43. The van der Waals surface area contributed by atoms with Gasteiger partial charge in [0.05, 0.1) is 0 Å². The van der Waals surface area contributed by atoms with Gasteiger partial charge < -0.3 is 5.32 Å². The summed E-state index contributed by atoms with van der Waals surface area (Å²) in [6.07, 6.45) is 3.00. The Kier molecular flexibility index (Phi) is 1.67. The van der Waals surface area contributed by atoms with Crippen LogP contribution in [0.15, 0.2) is 0 Å². The molecule has 1 heterocycles. The molecule has 1 saturated carbocycles. The summed E-state index contributed by atoms with van der Waals surface area (Å²) in [6, 6.07) is 0.154. The molecule has 12 heavy (non-hydrogen) atoms. The average Bonchev–Trinajstić information content (AvgIpc) is 2.31. The fourth-order valence-corrected chi connectivity index (χ4v) is 2.25. The molecule has 3 unspecified atom stereocenters. The maximum Gasteiger partial charge on any atom is 0.287 e. The molecule has 1 N–H and O–H groups in total. The van der Waals surface area contributed by atoms with Crippen LogP contribution in [-0.2, 0) is 9.59 Å². The molecule has 1 aliphatic heterocycles. The molecule has 1 amide bonds. The second kappa shape index (κ2) is 2.57. The highest BCUT2D eigenvalue weighted by atomic mass is 16.2. The molecular weight excluding hydrogens is 154 g/mol. The van der Waals surface area contributed by atoms with Gasteiger partial charge in [-0.25, -0.2) is 0 Å². The number of Topliss-reactive ketones (excluding diaryl/α,β-unsaturated/α-hetero) is 1. The normalized spacial score (nSPS) is 40.9. The number of hydrogen-bond donors (Lipinski definition) is 1. The summed E-state index contributed by atoms with van der Waals surface area (Å²) in [6.45, 7) is 2.15. The minimum atomic E-state index is -0.362. The Morgan fingerprint density at radius 1 is 1.33 bits per heavy atom. The van der Waals surface area contributed by atoms with Crippen LogP contribution in [0.4, 0.5) is 0 Å². The zero-order valence-corrected chi connectivity index (χ0v) is 7.17. The Balaban J connectivity index is 2.15. The van der Waals surface area contributed by atoms with Crippen LogP contribution in [-0.4, -0.2) is 17.7 Å². The van der Waals surface area contributed by atoms with Gasteiger partial charge in [-0.2, -0.15) is 0 Å². The number of nitrogens with one attached hydrogen (secondary N) is 1. The summed E-state index contributed by atoms with van der Waals surface area (Å²) in [4.78, 5) is 22.3. The number of carbonyl (C=O) groups is 2. The van der Waals surface area contributed by atoms with Crippen molar-refractivity contribution in [2.24, 2.45) is 11.8 Å². The minimum Gasteiger partial charge on any atom is -0.346 e. The maximum atomic E-state index is 11.3. The predicted octanol–water partition coefficient (Wildman–Crippen LogP) is 0.490. The lowest BCUT2D eigenvalue weighted by molar-refractivity contribution is -0.136. The molecule has 2 rings (SSSR count). The van der Waals surface area contributed by atoms with Crippen LogP contribution in [0.2, 0.25) is 0 Å². The van der Waals surface area contributed by atoms with Crippen molar-refractivity contribution in [1.29, 1.82) is 0 Å². The van der Waals surface area contributed by atoms with Crippen LogP contribution >= 0.6 is 0 Å². The van der Waals surface area contributed by atoms with Gasteiger partial charge in [0.2, 0.25) is 5.78 Å². The first-order valence-electron chi connectivity index (χ1n) is 4.53. The van der Waals surface area contributed by atoms with E-state index in [1.165, 1.54) is 0 Å². The van der Waals surface area contributed by atoms with Gasteiger partial charge in [0.25, 0.3) is 5.91 Å². The van der Waals surface area contributed by atoms with Crippen molar-refractivity contribution < 1.29 is 9.59 Å². The standard InChI is InChI=1S/C9H13NO2/c1-5-2-3-7-6(4-5)8(11)9(12)10-7/h5-7H,2-4H2,1H3,(H,10,12). The summed E-state index contributed by atoms with van der Waals surface area (Å²) < 4.78 is 0. The number of ketones is 1. The SMILES string of the molecule is CC1CCC2NC(=O)C(=O)C2C1. The summed E-state index contributed by atoms with van der Waals surface area (Å²) in [5, 5.41) is 2.74. The summed E-state index contributed by atoms with van der Waals surface area (Å²) in [5.74, 6) is 0.0369. The monoisotopic (exact) mass is 167 g/mol. The minimum absolute atomic E-state index is 0.0127. The van der Waals surface area contributed by atoms with Crippen LogP contribution in [0.1, 0.15) is 26.2 Å². The van der Waals surface area contributed by atoms with E-state index in [1.54, 1.807) is 0 Å². The van der Waals surface area contributed by atoms with Gasteiger partial charge >= 0.3 is 0 Å². The second-order valence-electron chi connectivity index (χ2n) is 3.97. The van der Waals surface area contributed by atoms with Crippen LogP contribution in [0.5, 0.6) is 0 Å².